The first kappa shape index (κ1) is 17.9. The molecule has 0 radical (unpaired) electrons. The topological polar surface area (TPSA) is 83.5 Å². The van der Waals surface area contributed by atoms with Crippen LogP contribution in [-0.2, 0) is 20.8 Å². The summed E-state index contributed by atoms with van der Waals surface area (Å²) >= 11 is 0. The average molecular weight is 378 g/mol. The molecule has 3 heterocycles. The van der Waals surface area contributed by atoms with E-state index in [4.69, 9.17) is 0 Å². The molecule has 0 saturated carbocycles. The summed E-state index contributed by atoms with van der Waals surface area (Å²) in [6, 6.07) is 2.14. The van der Waals surface area contributed by atoms with E-state index in [0.717, 1.165) is 6.07 Å². The summed E-state index contributed by atoms with van der Waals surface area (Å²) in [5.74, 6) is -0.383. The highest BCUT2D eigenvalue weighted by atomic mass is 32.2. The lowest BCUT2D eigenvalue weighted by Crippen LogP contribution is -2.50. The van der Waals surface area contributed by atoms with E-state index in [1.165, 1.54) is 6.07 Å². The third-order valence-corrected chi connectivity index (χ3v) is 6.21. The van der Waals surface area contributed by atoms with Crippen molar-refractivity contribution >= 4 is 21.6 Å². The second kappa shape index (κ2) is 6.43. The van der Waals surface area contributed by atoms with Crippen LogP contribution in [0.3, 0.4) is 0 Å². The maximum Gasteiger partial charge on any atom is 0.435 e. The molecule has 0 bridgehead atoms. The van der Waals surface area contributed by atoms with Gasteiger partial charge in [0.25, 0.3) is 0 Å². The highest BCUT2D eigenvalue weighted by molar-refractivity contribution is 7.91. The van der Waals surface area contributed by atoms with E-state index in [2.05, 4.69) is 10.2 Å². The van der Waals surface area contributed by atoms with Crippen molar-refractivity contribution in [2.45, 2.75) is 12.6 Å². The molecule has 0 N–H and O–H groups in total. The minimum Gasteiger partial charge on any atom is -0.352 e. The van der Waals surface area contributed by atoms with Gasteiger partial charge < -0.3 is 9.80 Å². The van der Waals surface area contributed by atoms with Gasteiger partial charge in [0.15, 0.2) is 21.3 Å². The molecule has 2 saturated heterocycles. The van der Waals surface area contributed by atoms with Gasteiger partial charge in [0.05, 0.1) is 17.4 Å². The molecule has 1 aromatic heterocycles. The number of halogens is 3. The number of amides is 1. The van der Waals surface area contributed by atoms with Crippen molar-refractivity contribution in [2.24, 2.45) is 5.92 Å². The first-order valence-corrected chi connectivity index (χ1v) is 9.63. The number of hydrogen-bond acceptors (Lipinski definition) is 6. The predicted octanol–water partition coefficient (Wildman–Crippen LogP) is 0.579. The van der Waals surface area contributed by atoms with Gasteiger partial charge in [-0.2, -0.15) is 13.2 Å². The molecule has 2 aliphatic heterocycles. The van der Waals surface area contributed by atoms with Crippen molar-refractivity contribution in [3.05, 3.63) is 17.8 Å². The van der Waals surface area contributed by atoms with Crippen LogP contribution in [0.1, 0.15) is 12.1 Å². The average Bonchev–Trinajstić information content (AvgIpc) is 2.94. The number of carbonyl (C=O) groups excluding carboxylic acids is 1. The Morgan fingerprint density at radius 3 is 2.28 bits per heavy atom. The molecule has 7 nitrogen and oxygen atoms in total. The summed E-state index contributed by atoms with van der Waals surface area (Å²) in [5, 5.41) is 6.80. The number of aromatic nitrogens is 2. The Balaban J connectivity index is 1.58. The Kier molecular flexibility index (Phi) is 4.60. The molecule has 11 heteroatoms. The monoisotopic (exact) mass is 378 g/mol. The molecular formula is C14H17F3N4O3S. The number of sulfone groups is 1. The number of hydrogen-bond donors (Lipinski definition) is 0. The third kappa shape index (κ3) is 4.02. The molecule has 25 heavy (non-hydrogen) atoms. The third-order valence-electron chi connectivity index (χ3n) is 4.44. The van der Waals surface area contributed by atoms with Gasteiger partial charge in [0.2, 0.25) is 5.91 Å². The number of rotatable bonds is 2. The summed E-state index contributed by atoms with van der Waals surface area (Å²) in [5.41, 5.74) is -1.05. The van der Waals surface area contributed by atoms with Gasteiger partial charge in [-0.3, -0.25) is 4.79 Å². The molecule has 1 aromatic rings. The second-order valence-electron chi connectivity index (χ2n) is 6.19. The van der Waals surface area contributed by atoms with E-state index in [9.17, 15) is 26.4 Å². The number of alkyl halides is 3. The molecule has 1 amide bonds. The predicted molar refractivity (Wildman–Crippen MR) is 82.6 cm³/mol. The number of carbonyl (C=O) groups is 1. The first-order valence-electron chi connectivity index (χ1n) is 7.81. The lowest BCUT2D eigenvalue weighted by Gasteiger charge is -2.36. The zero-order chi connectivity index (χ0) is 18.2. The second-order valence-corrected chi connectivity index (χ2v) is 8.42. The fourth-order valence-corrected chi connectivity index (χ4v) is 4.78. The standard InChI is InChI=1S/C14H17F3N4O3S/c15-14(16,17)11-1-2-12(19-18-11)20-4-6-21(7-5-20)13(22)10-3-8-25(23,24)9-10/h1-2,10H,3-9H2. The molecule has 0 spiro atoms. The van der Waals surface area contributed by atoms with Crippen molar-refractivity contribution in [3.63, 3.8) is 0 Å². The van der Waals surface area contributed by atoms with Crippen LogP contribution >= 0.6 is 0 Å². The van der Waals surface area contributed by atoms with Crippen molar-refractivity contribution in [2.75, 3.05) is 42.6 Å². The van der Waals surface area contributed by atoms with E-state index in [0.29, 0.717) is 38.4 Å². The minimum absolute atomic E-state index is 0.0461. The van der Waals surface area contributed by atoms with Gasteiger partial charge in [-0.25, -0.2) is 8.42 Å². The minimum atomic E-state index is -4.53. The molecule has 1 unspecified atom stereocenters. The van der Waals surface area contributed by atoms with Crippen LogP contribution in [0.2, 0.25) is 0 Å². The Bertz CT molecular complexity index is 744. The molecule has 2 aliphatic rings. The maximum absolute atomic E-state index is 12.5. The lowest BCUT2D eigenvalue weighted by molar-refractivity contribution is -0.141. The Hall–Kier alpha value is -1.91. The molecule has 138 valence electrons. The maximum atomic E-state index is 12.5. The molecule has 3 rings (SSSR count). The Labute approximate surface area is 142 Å². The lowest BCUT2D eigenvalue weighted by atomic mass is 10.1. The van der Waals surface area contributed by atoms with E-state index in [1.807, 2.05) is 0 Å². The largest absolute Gasteiger partial charge is 0.435 e. The van der Waals surface area contributed by atoms with Gasteiger partial charge in [0.1, 0.15) is 0 Å². The Morgan fingerprint density at radius 2 is 1.80 bits per heavy atom. The summed E-state index contributed by atoms with van der Waals surface area (Å²) < 4.78 is 60.5. The molecule has 0 aliphatic carbocycles. The van der Waals surface area contributed by atoms with Crippen molar-refractivity contribution in [3.8, 4) is 0 Å². The highest BCUT2D eigenvalue weighted by Gasteiger charge is 2.36. The van der Waals surface area contributed by atoms with Crippen LogP contribution in [-0.4, -0.2) is 67.1 Å². The summed E-state index contributed by atoms with van der Waals surface area (Å²) in [4.78, 5) is 15.7. The van der Waals surface area contributed by atoms with Gasteiger partial charge in [-0.15, -0.1) is 10.2 Å². The van der Waals surface area contributed by atoms with Gasteiger partial charge in [-0.1, -0.05) is 0 Å². The summed E-state index contributed by atoms with van der Waals surface area (Å²) in [7, 11) is -3.12. The fourth-order valence-electron chi connectivity index (χ4n) is 3.05. The van der Waals surface area contributed by atoms with E-state index in [-0.39, 0.29) is 17.4 Å². The molecule has 2 fully saturated rings. The van der Waals surface area contributed by atoms with Gasteiger partial charge in [-0.05, 0) is 18.6 Å². The normalized spacial score (nSPS) is 23.7. The zero-order valence-corrected chi connectivity index (χ0v) is 14.1. The van der Waals surface area contributed by atoms with E-state index < -0.39 is 27.6 Å². The first-order chi connectivity index (χ1) is 11.7. The quantitative estimate of drug-likeness (QED) is 0.749. The van der Waals surface area contributed by atoms with Crippen molar-refractivity contribution < 1.29 is 26.4 Å². The van der Waals surface area contributed by atoms with Gasteiger partial charge >= 0.3 is 6.18 Å². The van der Waals surface area contributed by atoms with Crippen LogP contribution in [0.15, 0.2) is 12.1 Å². The Morgan fingerprint density at radius 1 is 1.12 bits per heavy atom. The van der Waals surface area contributed by atoms with Crippen molar-refractivity contribution in [1.82, 2.24) is 15.1 Å². The van der Waals surface area contributed by atoms with E-state index >= 15 is 0 Å². The van der Waals surface area contributed by atoms with Crippen molar-refractivity contribution in [1.29, 1.82) is 0 Å². The number of anilines is 1. The molecule has 0 aromatic carbocycles. The molecule has 1 atom stereocenters. The summed E-state index contributed by atoms with van der Waals surface area (Å²) in [6.07, 6.45) is -4.18. The molecular weight excluding hydrogens is 361 g/mol. The fraction of sp³-hybridized carbons (Fsp3) is 0.643. The van der Waals surface area contributed by atoms with Crippen LogP contribution in [0.5, 0.6) is 0 Å². The highest BCUT2D eigenvalue weighted by Crippen LogP contribution is 2.28. The summed E-state index contributed by atoms with van der Waals surface area (Å²) in [6.45, 7) is 1.56. The van der Waals surface area contributed by atoms with E-state index in [1.54, 1.807) is 9.80 Å². The van der Waals surface area contributed by atoms with Crippen LogP contribution in [0.25, 0.3) is 0 Å². The van der Waals surface area contributed by atoms with Gasteiger partial charge in [0, 0.05) is 26.2 Å². The van der Waals surface area contributed by atoms with Crippen LogP contribution in [0.4, 0.5) is 19.0 Å². The smallest absolute Gasteiger partial charge is 0.352 e. The number of nitrogens with zero attached hydrogens (tertiary/aromatic N) is 4. The number of piperazine rings is 1. The SMILES string of the molecule is O=C(C1CCS(=O)(=O)C1)N1CCN(c2ccc(C(F)(F)F)nn2)CC1. The zero-order valence-electron chi connectivity index (χ0n) is 13.2. The van der Waals surface area contributed by atoms with Crippen LogP contribution < -0.4 is 4.90 Å². The van der Waals surface area contributed by atoms with Crippen LogP contribution in [0, 0.1) is 5.92 Å².